The third kappa shape index (κ3) is 6.81. The van der Waals surface area contributed by atoms with E-state index in [4.69, 9.17) is 14.5 Å². The van der Waals surface area contributed by atoms with Crippen molar-refractivity contribution < 1.29 is 19.3 Å². The Morgan fingerprint density at radius 3 is 1.77 bits per heavy atom. The van der Waals surface area contributed by atoms with Crippen molar-refractivity contribution in [2.75, 3.05) is 0 Å². The van der Waals surface area contributed by atoms with E-state index in [9.17, 15) is 4.79 Å². The number of carbonyl (C=O) groups is 1. The van der Waals surface area contributed by atoms with Crippen LogP contribution in [0.5, 0.6) is 0 Å². The van der Waals surface area contributed by atoms with Gasteiger partial charge in [0, 0.05) is 12.3 Å². The number of ether oxygens (including phenoxy) is 1. The van der Waals surface area contributed by atoms with Crippen LogP contribution in [0.2, 0.25) is 0 Å². The number of rotatable bonds is 5. The highest BCUT2D eigenvalue weighted by atomic mass is 17.2. The molecule has 0 unspecified atom stereocenters. The maximum absolute atomic E-state index is 11.4. The topological polar surface area (TPSA) is 44.8 Å². The van der Waals surface area contributed by atoms with Gasteiger partial charge in [-0.3, -0.25) is 4.79 Å². The fraction of sp³-hybridized carbons (Fsp3) is 0.833. The zero-order valence-electron chi connectivity index (χ0n) is 15.8. The number of hydrogen-bond acceptors (Lipinski definition) is 4. The van der Waals surface area contributed by atoms with E-state index in [1.54, 1.807) is 0 Å². The molecule has 128 valence electrons. The van der Waals surface area contributed by atoms with Crippen molar-refractivity contribution >= 4 is 5.97 Å². The zero-order valence-corrected chi connectivity index (χ0v) is 15.8. The fourth-order valence-electron chi connectivity index (χ4n) is 1.22. The first kappa shape index (κ1) is 20.9. The molecule has 0 aromatic carbocycles. The largest absolute Gasteiger partial charge is 0.446 e. The molecule has 0 aromatic rings. The van der Waals surface area contributed by atoms with E-state index in [0.717, 1.165) is 6.42 Å². The van der Waals surface area contributed by atoms with Crippen LogP contribution >= 0.6 is 0 Å². The van der Waals surface area contributed by atoms with Gasteiger partial charge in [0.05, 0.1) is 5.60 Å². The monoisotopic (exact) mass is 312 g/mol. The van der Waals surface area contributed by atoms with Gasteiger partial charge in [0.25, 0.3) is 0 Å². The highest BCUT2D eigenvalue weighted by Crippen LogP contribution is 2.33. The minimum absolute atomic E-state index is 0.328. The lowest BCUT2D eigenvalue weighted by atomic mass is 9.77. The predicted molar refractivity (Wildman–Crippen MR) is 88.0 cm³/mol. The predicted octanol–water partition coefficient (Wildman–Crippen LogP) is 4.27. The lowest BCUT2D eigenvalue weighted by Gasteiger charge is -2.37. The Morgan fingerprint density at radius 1 is 0.909 bits per heavy atom. The number of esters is 1. The third-order valence-corrected chi connectivity index (χ3v) is 3.71. The Balaban J connectivity index is 5.23. The van der Waals surface area contributed by atoms with E-state index in [-0.39, 0.29) is 17.0 Å². The van der Waals surface area contributed by atoms with Crippen molar-refractivity contribution in [2.24, 2.45) is 5.41 Å². The molecule has 22 heavy (non-hydrogen) atoms. The van der Waals surface area contributed by atoms with Crippen molar-refractivity contribution in [1.29, 1.82) is 0 Å². The minimum atomic E-state index is -0.903. The molecule has 0 saturated heterocycles. The second-order valence-electron chi connectivity index (χ2n) is 7.92. The SMILES string of the molecule is CCC(C)(C)OOC(C)(C)C#C[C@](C)(OC(C)=O)C(C)(C)C. The Kier molecular flexibility index (Phi) is 6.68. The molecule has 0 heterocycles. The van der Waals surface area contributed by atoms with E-state index >= 15 is 0 Å². The second-order valence-corrected chi connectivity index (χ2v) is 7.92. The molecule has 0 aromatic heterocycles. The van der Waals surface area contributed by atoms with Crippen LogP contribution in [0.1, 0.15) is 75.7 Å². The molecule has 0 spiro atoms. The van der Waals surface area contributed by atoms with Crippen molar-refractivity contribution in [1.82, 2.24) is 0 Å². The van der Waals surface area contributed by atoms with Crippen LogP contribution in [0, 0.1) is 17.3 Å². The summed E-state index contributed by atoms with van der Waals surface area (Å²) in [5.41, 5.74) is -2.41. The van der Waals surface area contributed by atoms with Gasteiger partial charge in [0.1, 0.15) is 0 Å². The zero-order chi connectivity index (χ0) is 17.8. The average molecular weight is 312 g/mol. The molecule has 0 saturated carbocycles. The Hall–Kier alpha value is -1.05. The van der Waals surface area contributed by atoms with E-state index in [1.807, 2.05) is 62.3 Å². The molecule has 4 nitrogen and oxygen atoms in total. The lowest BCUT2D eigenvalue weighted by molar-refractivity contribution is -0.388. The Labute approximate surface area is 135 Å². The highest BCUT2D eigenvalue weighted by molar-refractivity contribution is 5.67. The lowest BCUT2D eigenvalue weighted by Crippen LogP contribution is -2.43. The van der Waals surface area contributed by atoms with E-state index in [2.05, 4.69) is 11.8 Å². The summed E-state index contributed by atoms with van der Waals surface area (Å²) in [6.07, 6.45) is 0.823. The summed E-state index contributed by atoms with van der Waals surface area (Å²) < 4.78 is 5.46. The van der Waals surface area contributed by atoms with Gasteiger partial charge in [-0.1, -0.05) is 39.5 Å². The summed E-state index contributed by atoms with van der Waals surface area (Å²) in [6, 6.07) is 0. The van der Waals surface area contributed by atoms with E-state index in [1.165, 1.54) is 6.92 Å². The molecular weight excluding hydrogens is 280 g/mol. The normalized spacial score (nSPS) is 15.5. The molecule has 0 aliphatic heterocycles. The quantitative estimate of drug-likeness (QED) is 0.329. The van der Waals surface area contributed by atoms with Crippen LogP contribution in [-0.2, 0) is 19.3 Å². The third-order valence-electron chi connectivity index (χ3n) is 3.71. The van der Waals surface area contributed by atoms with Gasteiger partial charge in [0.2, 0.25) is 0 Å². The summed E-state index contributed by atoms with van der Waals surface area (Å²) >= 11 is 0. The smallest absolute Gasteiger partial charge is 0.304 e. The Bertz CT molecular complexity index is 446. The van der Waals surface area contributed by atoms with Crippen molar-refractivity contribution in [3.8, 4) is 11.8 Å². The molecule has 0 amide bonds. The van der Waals surface area contributed by atoms with Gasteiger partial charge >= 0.3 is 5.97 Å². The number of carbonyl (C=O) groups excluding carboxylic acids is 1. The van der Waals surface area contributed by atoms with Crippen LogP contribution in [-0.4, -0.2) is 22.8 Å². The van der Waals surface area contributed by atoms with Gasteiger partial charge in [-0.05, 0) is 41.0 Å². The second kappa shape index (κ2) is 7.02. The summed E-state index contributed by atoms with van der Waals surface area (Å²) in [5, 5.41) is 0. The molecule has 0 rings (SSSR count). The fourth-order valence-corrected chi connectivity index (χ4v) is 1.22. The summed E-state index contributed by atoms with van der Waals surface area (Å²) in [5.74, 6) is 5.74. The minimum Gasteiger partial charge on any atom is -0.446 e. The molecule has 0 aliphatic carbocycles. The molecule has 1 atom stereocenters. The first-order valence-corrected chi connectivity index (χ1v) is 7.75. The van der Waals surface area contributed by atoms with Crippen LogP contribution in [0.15, 0.2) is 0 Å². The van der Waals surface area contributed by atoms with Gasteiger partial charge < -0.3 is 4.74 Å². The van der Waals surface area contributed by atoms with Crippen molar-refractivity contribution in [3.05, 3.63) is 0 Å². The first-order chi connectivity index (χ1) is 9.64. The average Bonchev–Trinajstić information content (AvgIpc) is 2.33. The first-order valence-electron chi connectivity index (χ1n) is 7.75. The summed E-state index contributed by atoms with van der Waals surface area (Å²) in [6.45, 7) is 18.7. The van der Waals surface area contributed by atoms with Crippen LogP contribution in [0.3, 0.4) is 0 Å². The molecule has 0 fully saturated rings. The van der Waals surface area contributed by atoms with Crippen molar-refractivity contribution in [3.63, 3.8) is 0 Å². The van der Waals surface area contributed by atoms with Gasteiger partial charge in [0.15, 0.2) is 11.2 Å². The van der Waals surface area contributed by atoms with Gasteiger partial charge in [-0.15, -0.1) is 0 Å². The van der Waals surface area contributed by atoms with Crippen LogP contribution in [0.25, 0.3) is 0 Å². The standard InChI is InChI=1S/C18H32O4/c1-11-16(6,7)21-22-17(8,9)12-13-18(10,15(3,4)5)20-14(2)19/h11H2,1-10H3/t18-/m0/s1. The molecule has 4 heteroatoms. The highest BCUT2D eigenvalue weighted by Gasteiger charge is 2.39. The number of hydrogen-bond donors (Lipinski definition) is 0. The van der Waals surface area contributed by atoms with Gasteiger partial charge in [-0.2, -0.15) is 0 Å². The summed E-state index contributed by atoms with van der Waals surface area (Å²) in [7, 11) is 0. The molecule has 0 radical (unpaired) electrons. The van der Waals surface area contributed by atoms with Gasteiger partial charge in [-0.25, -0.2) is 9.78 Å². The van der Waals surface area contributed by atoms with E-state index < -0.39 is 11.2 Å². The van der Waals surface area contributed by atoms with Crippen molar-refractivity contribution in [2.45, 2.75) is 92.5 Å². The summed E-state index contributed by atoms with van der Waals surface area (Å²) in [4.78, 5) is 22.3. The molecule has 0 bridgehead atoms. The van der Waals surface area contributed by atoms with Crippen LogP contribution in [0.4, 0.5) is 0 Å². The van der Waals surface area contributed by atoms with Crippen LogP contribution < -0.4 is 0 Å². The van der Waals surface area contributed by atoms with E-state index in [0.29, 0.717) is 0 Å². The molecule has 0 aliphatic rings. The maximum atomic E-state index is 11.4. The Morgan fingerprint density at radius 2 is 1.41 bits per heavy atom. The molecular formula is C18H32O4. The molecule has 0 N–H and O–H groups in total. The maximum Gasteiger partial charge on any atom is 0.304 e.